The van der Waals surface area contributed by atoms with Crippen LogP contribution in [0.2, 0.25) is 5.02 Å². The van der Waals surface area contributed by atoms with E-state index >= 15 is 8.78 Å². The second-order valence-corrected chi connectivity index (χ2v) is 21.5. The van der Waals surface area contributed by atoms with Crippen LogP contribution < -0.4 is 0 Å². The van der Waals surface area contributed by atoms with E-state index in [1.54, 1.807) is 36.0 Å². The van der Waals surface area contributed by atoms with Crippen LogP contribution >= 0.6 is 11.6 Å². The van der Waals surface area contributed by atoms with Gasteiger partial charge in [-0.1, -0.05) is 23.6 Å². The van der Waals surface area contributed by atoms with Gasteiger partial charge in [-0.3, -0.25) is 14.2 Å². The van der Waals surface area contributed by atoms with Crippen LogP contribution in [0.15, 0.2) is 46.9 Å². The van der Waals surface area contributed by atoms with Crippen molar-refractivity contribution in [2.75, 3.05) is 0 Å². The molecule has 66 heavy (non-hydrogen) atoms. The zero-order chi connectivity index (χ0) is 47.4. The van der Waals surface area contributed by atoms with Gasteiger partial charge in [0.1, 0.15) is 45.6 Å². The van der Waals surface area contributed by atoms with Gasteiger partial charge >= 0.3 is 0 Å². The van der Waals surface area contributed by atoms with Crippen LogP contribution in [-0.2, 0) is 52.6 Å². The number of nitrogens with zero attached hydrogens (tertiary/aromatic N) is 7. The average molecular weight is 954 g/mol. The highest BCUT2D eigenvalue weighted by atomic mass is 35.5. The smallest absolute Gasteiger partial charge is 0.293 e. The molecule has 3 aliphatic rings. The van der Waals surface area contributed by atoms with Crippen molar-refractivity contribution in [1.29, 1.82) is 0 Å². The van der Waals surface area contributed by atoms with Crippen molar-refractivity contribution in [2.24, 2.45) is 13.0 Å². The van der Waals surface area contributed by atoms with Crippen LogP contribution in [0, 0.1) is 29.4 Å². The lowest BCUT2D eigenvalue weighted by Crippen LogP contribution is -2.33. The van der Waals surface area contributed by atoms with Crippen molar-refractivity contribution < 1.29 is 49.1 Å². The quantitative estimate of drug-likeness (QED) is 0.0826. The van der Waals surface area contributed by atoms with Crippen LogP contribution in [0.25, 0.3) is 22.0 Å². The molecule has 20 heteroatoms. The molecule has 2 fully saturated rings. The van der Waals surface area contributed by atoms with Gasteiger partial charge in [-0.25, -0.2) is 31.0 Å². The highest BCUT2D eigenvalue weighted by Crippen LogP contribution is 2.68. The number of aryl methyl sites for hydroxylation is 1. The number of pyridine rings is 1. The molecule has 1 N–H and O–H groups in total. The third kappa shape index (κ3) is 8.18. The van der Waals surface area contributed by atoms with E-state index in [2.05, 4.69) is 27.1 Å². The van der Waals surface area contributed by atoms with Crippen LogP contribution in [-0.4, -0.2) is 64.0 Å². The van der Waals surface area contributed by atoms with Gasteiger partial charge in [0.15, 0.2) is 15.6 Å². The Kier molecular flexibility index (Phi) is 11.1. The Morgan fingerprint density at radius 1 is 1.02 bits per heavy atom. The van der Waals surface area contributed by atoms with E-state index in [-0.39, 0.29) is 58.6 Å². The second-order valence-electron chi connectivity index (χ2n) is 18.4. The minimum atomic E-state index is -3.66. The van der Waals surface area contributed by atoms with E-state index in [9.17, 15) is 35.9 Å². The number of benzene rings is 2. The molecule has 3 aliphatic carbocycles. The van der Waals surface area contributed by atoms with E-state index < -0.39 is 97.3 Å². The number of sulfone groups is 1. The molecule has 4 aromatic heterocycles. The summed E-state index contributed by atoms with van der Waals surface area (Å²) in [6.45, 7) is 5.14. The molecule has 0 unspecified atom stereocenters. The molecule has 0 spiro atoms. The summed E-state index contributed by atoms with van der Waals surface area (Å²) in [5.74, 6) is -3.24. The standard InChI is InChI=1S/C46H42ClF6N7O5S/c1-44(2,66(63,64)28-7-8-28)13-12-26-6-9-29(30-10-11-33(47)37-34(57-59(5)40(30)37)20-35-55-56-43(65-35)45(3,4)62)38(54-26)23(14-22-15-24(48)18-25(49)16-22)17-27(61)21-60-41-36(39(58-60)42(50)51)31-19-32(31)46(41,52)53/h6,9-11,15-16,18,23,28,31-32,42,62H,7-8,14,17,19-21H2,1-5H3/t23-,31+,32-/m1/s1. The van der Waals surface area contributed by atoms with Crippen molar-refractivity contribution in [3.63, 3.8) is 0 Å². The average Bonchev–Trinajstić information content (AvgIpc) is 4.10. The number of halogens is 7. The second kappa shape index (κ2) is 16.0. The maximum Gasteiger partial charge on any atom is 0.293 e. The van der Waals surface area contributed by atoms with Gasteiger partial charge in [-0.2, -0.15) is 19.0 Å². The minimum Gasteiger partial charge on any atom is -0.422 e. The first-order valence-corrected chi connectivity index (χ1v) is 23.1. The van der Waals surface area contributed by atoms with Crippen LogP contribution in [0.1, 0.15) is 123 Å². The summed E-state index contributed by atoms with van der Waals surface area (Å²) in [5.41, 5.74) is -1.14. The summed E-state index contributed by atoms with van der Waals surface area (Å²) in [7, 11) is -2.00. The van der Waals surface area contributed by atoms with Gasteiger partial charge in [-0.15, -0.1) is 10.2 Å². The molecular weight excluding hydrogens is 912 g/mol. The predicted molar refractivity (Wildman–Crippen MR) is 229 cm³/mol. The zero-order valence-corrected chi connectivity index (χ0v) is 37.7. The summed E-state index contributed by atoms with van der Waals surface area (Å²) < 4.78 is 122. The highest BCUT2D eigenvalue weighted by Gasteiger charge is 2.67. The van der Waals surface area contributed by atoms with Gasteiger partial charge in [0.2, 0.25) is 11.8 Å². The molecule has 9 rings (SSSR count). The lowest BCUT2D eigenvalue weighted by atomic mass is 9.86. The summed E-state index contributed by atoms with van der Waals surface area (Å²) >= 11 is 6.86. The molecule has 0 amide bonds. The number of hydrogen-bond acceptors (Lipinski definition) is 10. The predicted octanol–water partition coefficient (Wildman–Crippen LogP) is 8.80. The molecule has 0 bridgehead atoms. The number of alkyl halides is 4. The van der Waals surface area contributed by atoms with Gasteiger partial charge in [0.05, 0.1) is 33.6 Å². The van der Waals surface area contributed by atoms with Crippen molar-refractivity contribution in [3.8, 4) is 23.0 Å². The minimum absolute atomic E-state index is 0.00398. The number of Topliss-reactive ketones (excluding diaryl/α,β-unsaturated/α-hetero) is 1. The zero-order valence-electron chi connectivity index (χ0n) is 36.1. The number of ketones is 1. The fourth-order valence-corrected chi connectivity index (χ4v) is 11.1. The number of carbonyl (C=O) groups is 1. The van der Waals surface area contributed by atoms with Gasteiger partial charge < -0.3 is 9.52 Å². The lowest BCUT2D eigenvalue weighted by Gasteiger charge is -2.22. The topological polar surface area (TPSA) is 159 Å². The first-order chi connectivity index (χ1) is 30.9. The Balaban J connectivity index is 1.18. The van der Waals surface area contributed by atoms with Crippen molar-refractivity contribution >= 4 is 38.1 Å². The lowest BCUT2D eigenvalue weighted by molar-refractivity contribution is -0.120. The molecule has 4 heterocycles. The Morgan fingerprint density at radius 3 is 2.36 bits per heavy atom. The maximum atomic E-state index is 15.6. The Bertz CT molecular complexity index is 3120. The fraction of sp³-hybridized carbons (Fsp3) is 0.435. The van der Waals surface area contributed by atoms with Crippen LogP contribution in [0.3, 0.4) is 0 Å². The van der Waals surface area contributed by atoms with Crippen molar-refractivity contribution in [2.45, 2.75) is 113 Å². The molecule has 0 aliphatic heterocycles. The first-order valence-electron chi connectivity index (χ1n) is 21.2. The van der Waals surface area contributed by atoms with Crippen molar-refractivity contribution in [3.05, 3.63) is 110 Å². The van der Waals surface area contributed by atoms with E-state index in [1.807, 2.05) is 0 Å². The maximum absolute atomic E-state index is 15.6. The molecule has 2 saturated carbocycles. The van der Waals surface area contributed by atoms with E-state index in [1.165, 1.54) is 27.7 Å². The van der Waals surface area contributed by atoms with Crippen molar-refractivity contribution in [1.82, 2.24) is 34.7 Å². The number of aliphatic hydroxyl groups is 1. The van der Waals surface area contributed by atoms with Crippen LogP contribution in [0.5, 0.6) is 0 Å². The largest absolute Gasteiger partial charge is 0.422 e. The first kappa shape index (κ1) is 45.6. The Morgan fingerprint density at radius 2 is 1.71 bits per heavy atom. The molecule has 346 valence electrons. The fourth-order valence-electron chi connectivity index (χ4n) is 9.04. The Labute approximate surface area is 379 Å². The molecule has 0 saturated heterocycles. The van der Waals surface area contributed by atoms with Crippen LogP contribution in [0.4, 0.5) is 26.3 Å². The monoisotopic (exact) mass is 953 g/mol. The summed E-state index contributed by atoms with van der Waals surface area (Å²) in [5, 5.41) is 27.2. The number of hydrogen-bond donors (Lipinski definition) is 1. The van der Waals surface area contributed by atoms with E-state index in [4.69, 9.17) is 26.1 Å². The number of carbonyl (C=O) groups excluding carboxylic acids is 1. The molecule has 6 aromatic rings. The normalized spacial score (nSPS) is 18.3. The molecule has 0 radical (unpaired) electrons. The number of fused-ring (bicyclic) bond motifs is 4. The molecule has 12 nitrogen and oxygen atoms in total. The number of aromatic nitrogens is 7. The van der Waals surface area contributed by atoms with E-state index in [0.717, 1.165) is 12.1 Å². The summed E-state index contributed by atoms with van der Waals surface area (Å²) in [6, 6.07) is 9.30. The third-order valence-corrected chi connectivity index (χ3v) is 15.6. The Hall–Kier alpha value is -5.58. The molecule has 2 aromatic carbocycles. The summed E-state index contributed by atoms with van der Waals surface area (Å²) in [6.07, 6.45) is -2.86. The number of rotatable bonds is 14. The molecule has 3 atom stereocenters. The third-order valence-electron chi connectivity index (χ3n) is 12.5. The van der Waals surface area contributed by atoms with Gasteiger partial charge in [0, 0.05) is 53.4 Å². The summed E-state index contributed by atoms with van der Waals surface area (Å²) in [4.78, 5) is 19.2. The van der Waals surface area contributed by atoms with E-state index in [0.29, 0.717) is 51.3 Å². The van der Waals surface area contributed by atoms with Gasteiger partial charge in [-0.05, 0) is 101 Å². The molecular formula is C46H42ClF6N7O5S. The highest BCUT2D eigenvalue weighted by molar-refractivity contribution is 7.93. The SMILES string of the molecule is Cn1nc(Cc2nnc(C(C)(C)O)o2)c2c(Cl)ccc(-c3ccc(C#CC(C)(C)S(=O)(=O)C4CC4)nc3[C@@H](CC(=O)Cn3nc(C(F)F)c4c3C(F)(F)[C@@H]3C[C@H]43)Cc3cc(F)cc(F)c3)c21. The van der Waals surface area contributed by atoms with Gasteiger partial charge in [0.25, 0.3) is 12.3 Å².